The Labute approximate surface area is 87.7 Å². The fraction of sp³-hybridized carbons (Fsp3) is 0.556. The largest absolute Gasteiger partial charge is 0.392 e. The molecule has 0 aliphatic carbocycles. The number of hydrogen-bond donors (Lipinski definition) is 1. The zero-order chi connectivity index (χ0) is 10.7. The van der Waals surface area contributed by atoms with Crippen molar-refractivity contribution in [1.29, 1.82) is 0 Å². The average Bonchev–Trinajstić information content (AvgIpc) is 2.19. The zero-order valence-corrected chi connectivity index (χ0v) is 9.08. The van der Waals surface area contributed by atoms with E-state index in [2.05, 4.69) is 18.8 Å². The predicted octanol–water partition coefficient (Wildman–Crippen LogP) is 1.52. The zero-order valence-electron chi connectivity index (χ0n) is 8.33. The van der Waals surface area contributed by atoms with Gasteiger partial charge in [0.2, 0.25) is 0 Å². The molecule has 0 aromatic carbocycles. The standard InChI is InChI=1S/C9H14ClN3O/c1-3-6(2)4-13-5-12-8(10)7(11)9(13)14/h5-6H,3-4,11H2,1-2H3. The molecule has 1 aromatic rings. The Morgan fingerprint density at radius 1 is 1.71 bits per heavy atom. The van der Waals surface area contributed by atoms with Gasteiger partial charge in [-0.25, -0.2) is 4.98 Å². The maximum Gasteiger partial charge on any atom is 0.278 e. The number of hydrogen-bond acceptors (Lipinski definition) is 3. The molecular weight excluding hydrogens is 202 g/mol. The summed E-state index contributed by atoms with van der Waals surface area (Å²) in [6.45, 7) is 4.77. The smallest absolute Gasteiger partial charge is 0.278 e. The van der Waals surface area contributed by atoms with Crippen LogP contribution in [-0.2, 0) is 6.54 Å². The quantitative estimate of drug-likeness (QED) is 0.778. The Hall–Kier alpha value is -1.03. The monoisotopic (exact) mass is 215 g/mol. The molecule has 2 N–H and O–H groups in total. The van der Waals surface area contributed by atoms with Crippen LogP contribution < -0.4 is 11.3 Å². The molecule has 5 heteroatoms. The second-order valence-corrected chi connectivity index (χ2v) is 3.78. The topological polar surface area (TPSA) is 60.9 Å². The molecule has 0 aliphatic rings. The molecule has 1 unspecified atom stereocenters. The highest BCUT2D eigenvalue weighted by molar-refractivity contribution is 6.31. The minimum absolute atomic E-state index is 0.0254. The Morgan fingerprint density at radius 2 is 2.36 bits per heavy atom. The van der Waals surface area contributed by atoms with Crippen LogP contribution in [0, 0.1) is 5.92 Å². The molecule has 1 rings (SSSR count). The number of nitrogens with two attached hydrogens (primary N) is 1. The van der Waals surface area contributed by atoms with Crippen molar-refractivity contribution in [1.82, 2.24) is 9.55 Å². The normalized spacial score (nSPS) is 12.8. The van der Waals surface area contributed by atoms with Gasteiger partial charge in [0.1, 0.15) is 5.69 Å². The summed E-state index contributed by atoms with van der Waals surface area (Å²) in [7, 11) is 0. The van der Waals surface area contributed by atoms with Crippen molar-refractivity contribution in [2.75, 3.05) is 5.73 Å². The molecule has 78 valence electrons. The van der Waals surface area contributed by atoms with E-state index in [0.717, 1.165) is 6.42 Å². The average molecular weight is 216 g/mol. The highest BCUT2D eigenvalue weighted by Gasteiger charge is 2.07. The molecule has 1 heterocycles. The Bertz CT molecular complexity index is 375. The van der Waals surface area contributed by atoms with Crippen LogP contribution in [0.5, 0.6) is 0 Å². The third-order valence-electron chi connectivity index (χ3n) is 2.23. The Morgan fingerprint density at radius 3 is 2.93 bits per heavy atom. The molecule has 0 amide bonds. The molecule has 0 radical (unpaired) electrons. The maximum atomic E-state index is 11.6. The lowest BCUT2D eigenvalue weighted by Crippen LogP contribution is -2.25. The van der Waals surface area contributed by atoms with E-state index in [0.29, 0.717) is 12.5 Å². The van der Waals surface area contributed by atoms with Gasteiger partial charge in [0.05, 0.1) is 6.33 Å². The van der Waals surface area contributed by atoms with Gasteiger partial charge in [-0.15, -0.1) is 0 Å². The van der Waals surface area contributed by atoms with Crippen molar-refractivity contribution in [2.24, 2.45) is 5.92 Å². The number of anilines is 1. The highest BCUT2D eigenvalue weighted by atomic mass is 35.5. The number of rotatable bonds is 3. The van der Waals surface area contributed by atoms with E-state index < -0.39 is 0 Å². The van der Waals surface area contributed by atoms with Gasteiger partial charge in [-0.2, -0.15) is 0 Å². The summed E-state index contributed by atoms with van der Waals surface area (Å²) < 4.78 is 1.50. The first-order valence-electron chi connectivity index (χ1n) is 4.56. The highest BCUT2D eigenvalue weighted by Crippen LogP contribution is 2.09. The summed E-state index contributed by atoms with van der Waals surface area (Å²) in [5, 5.41) is 0.0791. The lowest BCUT2D eigenvalue weighted by Gasteiger charge is -2.11. The summed E-state index contributed by atoms with van der Waals surface area (Å²) >= 11 is 5.61. The van der Waals surface area contributed by atoms with Crippen molar-refractivity contribution in [3.8, 4) is 0 Å². The third kappa shape index (κ3) is 2.26. The summed E-state index contributed by atoms with van der Waals surface area (Å²) in [6.07, 6.45) is 2.45. The van der Waals surface area contributed by atoms with Crippen LogP contribution in [0.15, 0.2) is 11.1 Å². The fourth-order valence-electron chi connectivity index (χ4n) is 1.08. The van der Waals surface area contributed by atoms with Crippen LogP contribution in [-0.4, -0.2) is 9.55 Å². The number of aromatic nitrogens is 2. The molecule has 14 heavy (non-hydrogen) atoms. The number of halogens is 1. The summed E-state index contributed by atoms with van der Waals surface area (Å²) in [5.41, 5.74) is 5.24. The molecular formula is C9H14ClN3O. The van der Waals surface area contributed by atoms with E-state index in [4.69, 9.17) is 17.3 Å². The van der Waals surface area contributed by atoms with E-state index in [1.54, 1.807) is 0 Å². The first kappa shape index (κ1) is 11.0. The van der Waals surface area contributed by atoms with Gasteiger partial charge < -0.3 is 5.73 Å². The van der Waals surface area contributed by atoms with E-state index in [9.17, 15) is 4.79 Å². The number of nitrogens with zero attached hydrogens (tertiary/aromatic N) is 2. The van der Waals surface area contributed by atoms with Crippen LogP contribution in [0.3, 0.4) is 0 Å². The van der Waals surface area contributed by atoms with E-state index in [1.807, 2.05) is 0 Å². The SMILES string of the molecule is CCC(C)Cn1cnc(Cl)c(N)c1=O. The van der Waals surface area contributed by atoms with Gasteiger partial charge in [0, 0.05) is 6.54 Å². The number of nitrogen functional groups attached to an aromatic ring is 1. The van der Waals surface area contributed by atoms with Crippen molar-refractivity contribution < 1.29 is 0 Å². The summed E-state index contributed by atoms with van der Waals surface area (Å²) in [6, 6.07) is 0. The van der Waals surface area contributed by atoms with Crippen LogP contribution in [0.4, 0.5) is 5.69 Å². The molecule has 0 saturated carbocycles. The van der Waals surface area contributed by atoms with Crippen LogP contribution in [0.25, 0.3) is 0 Å². The van der Waals surface area contributed by atoms with Gasteiger partial charge >= 0.3 is 0 Å². The van der Waals surface area contributed by atoms with Crippen molar-refractivity contribution in [3.05, 3.63) is 21.8 Å². The minimum Gasteiger partial charge on any atom is -0.392 e. The second kappa shape index (κ2) is 4.46. The third-order valence-corrected chi connectivity index (χ3v) is 2.53. The van der Waals surface area contributed by atoms with Crippen LogP contribution >= 0.6 is 11.6 Å². The van der Waals surface area contributed by atoms with Crippen molar-refractivity contribution >= 4 is 17.3 Å². The van der Waals surface area contributed by atoms with Gasteiger partial charge in [0.15, 0.2) is 5.15 Å². The van der Waals surface area contributed by atoms with Crippen LogP contribution in [0.2, 0.25) is 5.15 Å². The minimum atomic E-state index is -0.259. The van der Waals surface area contributed by atoms with Crippen molar-refractivity contribution in [2.45, 2.75) is 26.8 Å². The Kier molecular flexibility index (Phi) is 3.52. The second-order valence-electron chi connectivity index (χ2n) is 3.42. The first-order valence-corrected chi connectivity index (χ1v) is 4.94. The molecule has 0 fully saturated rings. The Balaban J connectivity index is 3.00. The summed E-state index contributed by atoms with van der Waals surface area (Å²) in [4.78, 5) is 15.4. The van der Waals surface area contributed by atoms with Gasteiger partial charge in [0.25, 0.3) is 5.56 Å². The van der Waals surface area contributed by atoms with E-state index in [-0.39, 0.29) is 16.4 Å². The molecule has 0 bridgehead atoms. The summed E-state index contributed by atoms with van der Waals surface area (Å²) in [5.74, 6) is 0.426. The molecule has 0 spiro atoms. The van der Waals surface area contributed by atoms with Gasteiger partial charge in [-0.05, 0) is 5.92 Å². The van der Waals surface area contributed by atoms with E-state index >= 15 is 0 Å². The van der Waals surface area contributed by atoms with E-state index in [1.165, 1.54) is 10.9 Å². The first-order chi connectivity index (χ1) is 6.56. The predicted molar refractivity (Wildman–Crippen MR) is 57.4 cm³/mol. The van der Waals surface area contributed by atoms with Gasteiger partial charge in [-0.1, -0.05) is 31.9 Å². The lowest BCUT2D eigenvalue weighted by atomic mass is 10.1. The van der Waals surface area contributed by atoms with Crippen LogP contribution in [0.1, 0.15) is 20.3 Å². The van der Waals surface area contributed by atoms with Gasteiger partial charge in [-0.3, -0.25) is 9.36 Å². The van der Waals surface area contributed by atoms with Crippen molar-refractivity contribution in [3.63, 3.8) is 0 Å². The lowest BCUT2D eigenvalue weighted by molar-refractivity contribution is 0.456. The fourth-order valence-corrected chi connectivity index (χ4v) is 1.20. The molecule has 1 atom stereocenters. The molecule has 4 nitrogen and oxygen atoms in total. The molecule has 0 saturated heterocycles. The maximum absolute atomic E-state index is 11.6. The molecule has 0 aliphatic heterocycles. The molecule has 1 aromatic heterocycles.